The lowest BCUT2D eigenvalue weighted by atomic mass is 10.1. The Morgan fingerprint density at radius 1 is 1.35 bits per heavy atom. The predicted molar refractivity (Wildman–Crippen MR) is 111 cm³/mol. The summed E-state index contributed by atoms with van der Waals surface area (Å²) in [5, 5.41) is 3.31. The molecule has 2 saturated heterocycles. The van der Waals surface area contributed by atoms with Gasteiger partial charge in [-0.25, -0.2) is 19.5 Å². The molecule has 1 unspecified atom stereocenters. The number of methoxy groups -OCH3 is 1. The highest BCUT2D eigenvalue weighted by Crippen LogP contribution is 2.53. The molecule has 5 atom stereocenters. The van der Waals surface area contributed by atoms with Crippen molar-refractivity contribution in [1.82, 2.24) is 19.5 Å². The summed E-state index contributed by atoms with van der Waals surface area (Å²) in [6.45, 7) is 1.26. The first-order valence-corrected chi connectivity index (χ1v) is 11.7. The van der Waals surface area contributed by atoms with Crippen molar-refractivity contribution in [3.05, 3.63) is 6.33 Å². The van der Waals surface area contributed by atoms with Crippen LogP contribution in [0.5, 0.6) is 0 Å². The SMILES string of the molecule is CO[C@@H]1[C@@H]2OP(=O)(O)OC[C@H]2O[C@H]1n1c(NCCCCCCN)nc2c(N)ncnc21. The van der Waals surface area contributed by atoms with E-state index in [0.29, 0.717) is 30.2 Å². The Hall–Kier alpha value is -1.86. The molecule has 4 heterocycles. The zero-order chi connectivity index (χ0) is 22.0. The first-order chi connectivity index (χ1) is 14.9. The number of nitrogens with zero attached hydrogens (tertiary/aromatic N) is 4. The third-order valence-electron chi connectivity index (χ3n) is 5.39. The van der Waals surface area contributed by atoms with Crippen LogP contribution in [0.2, 0.25) is 0 Å². The Kier molecular flexibility index (Phi) is 6.72. The standard InChI is InChI=1S/C17H28N7O6P/c1-27-13-12-10(8-28-31(25,26)30-12)29-16(13)24-15-11(14(19)21-9-22-15)23-17(24)20-7-5-3-2-4-6-18/h9-10,12-13,16H,2-8,18H2,1H3,(H,20,23)(H,25,26)(H2,19,21,22)/t10-,12-,13-,16-/m1/s1. The smallest absolute Gasteiger partial charge is 0.382 e. The number of unbranched alkanes of at least 4 members (excludes halogenated alkanes) is 3. The third-order valence-corrected chi connectivity index (χ3v) is 6.37. The summed E-state index contributed by atoms with van der Waals surface area (Å²) in [5.41, 5.74) is 12.4. The molecule has 2 aromatic rings. The minimum Gasteiger partial charge on any atom is -0.382 e. The summed E-state index contributed by atoms with van der Waals surface area (Å²) in [6.07, 6.45) is 2.55. The van der Waals surface area contributed by atoms with Crippen molar-refractivity contribution in [2.75, 3.05) is 37.9 Å². The van der Waals surface area contributed by atoms with E-state index >= 15 is 0 Å². The zero-order valence-electron chi connectivity index (χ0n) is 17.2. The minimum absolute atomic E-state index is 0.0948. The van der Waals surface area contributed by atoms with Crippen LogP contribution in [0.1, 0.15) is 31.9 Å². The van der Waals surface area contributed by atoms with E-state index in [9.17, 15) is 9.46 Å². The number of aromatic nitrogens is 4. The monoisotopic (exact) mass is 457 g/mol. The van der Waals surface area contributed by atoms with Crippen LogP contribution in [0.15, 0.2) is 6.33 Å². The van der Waals surface area contributed by atoms with E-state index in [1.807, 2.05) is 0 Å². The van der Waals surface area contributed by atoms with Gasteiger partial charge >= 0.3 is 7.82 Å². The Morgan fingerprint density at radius 2 is 2.16 bits per heavy atom. The molecule has 0 saturated carbocycles. The summed E-state index contributed by atoms with van der Waals surface area (Å²) in [4.78, 5) is 22.7. The van der Waals surface area contributed by atoms with E-state index in [1.165, 1.54) is 13.4 Å². The van der Waals surface area contributed by atoms with E-state index in [0.717, 1.165) is 25.7 Å². The maximum atomic E-state index is 11.9. The molecule has 172 valence electrons. The lowest BCUT2D eigenvalue weighted by Gasteiger charge is -2.29. The molecule has 2 aromatic heterocycles. The van der Waals surface area contributed by atoms with Crippen LogP contribution >= 0.6 is 7.82 Å². The van der Waals surface area contributed by atoms with Gasteiger partial charge in [0.2, 0.25) is 5.95 Å². The van der Waals surface area contributed by atoms with Crippen molar-refractivity contribution >= 4 is 30.8 Å². The number of phosphoric acid groups is 1. The number of hydrogen-bond acceptors (Lipinski definition) is 11. The zero-order valence-corrected chi connectivity index (χ0v) is 18.1. The summed E-state index contributed by atoms with van der Waals surface area (Å²) in [7, 11) is -2.68. The first-order valence-electron chi connectivity index (χ1n) is 10.2. The van der Waals surface area contributed by atoms with Crippen LogP contribution in [-0.4, -0.2) is 69.5 Å². The molecule has 4 rings (SSSR count). The van der Waals surface area contributed by atoms with Gasteiger partial charge in [-0.1, -0.05) is 12.8 Å². The molecule has 31 heavy (non-hydrogen) atoms. The Morgan fingerprint density at radius 3 is 2.94 bits per heavy atom. The number of rotatable bonds is 9. The minimum atomic E-state index is -4.16. The number of phosphoric ester groups is 1. The fraction of sp³-hybridized carbons (Fsp3) is 0.706. The van der Waals surface area contributed by atoms with Gasteiger partial charge in [0.25, 0.3) is 0 Å². The van der Waals surface area contributed by atoms with E-state index < -0.39 is 32.4 Å². The van der Waals surface area contributed by atoms with E-state index in [1.54, 1.807) is 4.57 Å². The van der Waals surface area contributed by atoms with Crippen LogP contribution in [0.4, 0.5) is 11.8 Å². The molecule has 2 aliphatic heterocycles. The molecule has 0 amide bonds. The summed E-state index contributed by atoms with van der Waals surface area (Å²) in [5.74, 6) is 0.721. The Balaban J connectivity index is 1.62. The van der Waals surface area contributed by atoms with Crippen LogP contribution in [-0.2, 0) is 23.1 Å². The molecule has 2 fully saturated rings. The van der Waals surface area contributed by atoms with Crippen molar-refractivity contribution in [3.63, 3.8) is 0 Å². The van der Waals surface area contributed by atoms with Gasteiger partial charge in [-0.3, -0.25) is 13.6 Å². The topological polar surface area (TPSA) is 182 Å². The highest BCUT2D eigenvalue weighted by Gasteiger charge is 2.54. The summed E-state index contributed by atoms with van der Waals surface area (Å²) < 4.78 is 35.5. The highest BCUT2D eigenvalue weighted by molar-refractivity contribution is 7.47. The van der Waals surface area contributed by atoms with Crippen molar-refractivity contribution < 1.29 is 28.0 Å². The summed E-state index contributed by atoms with van der Waals surface area (Å²) >= 11 is 0. The molecule has 0 bridgehead atoms. The van der Waals surface area contributed by atoms with Crippen molar-refractivity contribution in [2.24, 2.45) is 5.73 Å². The average Bonchev–Trinajstić information content (AvgIpc) is 3.27. The predicted octanol–water partition coefficient (Wildman–Crippen LogP) is 0.768. The van der Waals surface area contributed by atoms with Crippen molar-refractivity contribution in [1.29, 1.82) is 0 Å². The van der Waals surface area contributed by atoms with Gasteiger partial charge in [-0.15, -0.1) is 0 Å². The molecular weight excluding hydrogens is 429 g/mol. The Labute approximate surface area is 179 Å². The van der Waals surface area contributed by atoms with Gasteiger partial charge in [-0.05, 0) is 19.4 Å². The lowest BCUT2D eigenvalue weighted by Crippen LogP contribution is -2.40. The number of fused-ring (bicyclic) bond motifs is 2. The van der Waals surface area contributed by atoms with Crippen LogP contribution < -0.4 is 16.8 Å². The Bertz CT molecular complexity index is 958. The normalized spacial score (nSPS) is 30.5. The largest absolute Gasteiger partial charge is 0.472 e. The second kappa shape index (κ2) is 9.33. The van der Waals surface area contributed by atoms with Gasteiger partial charge in [0.15, 0.2) is 23.2 Å². The van der Waals surface area contributed by atoms with Crippen molar-refractivity contribution in [3.8, 4) is 0 Å². The number of ether oxygens (including phenoxy) is 2. The molecule has 0 aliphatic carbocycles. The average molecular weight is 457 g/mol. The summed E-state index contributed by atoms with van der Waals surface area (Å²) in [6, 6.07) is 0. The maximum absolute atomic E-state index is 11.9. The van der Waals surface area contributed by atoms with Gasteiger partial charge < -0.3 is 31.2 Å². The van der Waals surface area contributed by atoms with E-state index in [-0.39, 0.29) is 12.4 Å². The van der Waals surface area contributed by atoms with Crippen LogP contribution in [0.3, 0.4) is 0 Å². The molecule has 14 heteroatoms. The molecular formula is C17H28N7O6P. The number of imidazole rings is 1. The number of nitrogen functional groups attached to an aromatic ring is 1. The maximum Gasteiger partial charge on any atom is 0.472 e. The fourth-order valence-corrected chi connectivity index (χ4v) is 4.85. The second-order valence-corrected chi connectivity index (χ2v) is 8.87. The molecule has 0 spiro atoms. The number of nitrogens with two attached hydrogens (primary N) is 2. The fourth-order valence-electron chi connectivity index (χ4n) is 3.90. The lowest BCUT2D eigenvalue weighted by molar-refractivity contribution is -0.0662. The van der Waals surface area contributed by atoms with Gasteiger partial charge in [-0.2, -0.15) is 0 Å². The van der Waals surface area contributed by atoms with Gasteiger partial charge in [0.05, 0.1) is 6.61 Å². The third kappa shape index (κ3) is 4.53. The molecule has 13 nitrogen and oxygen atoms in total. The number of anilines is 2. The van der Waals surface area contributed by atoms with E-state index in [2.05, 4.69) is 20.3 Å². The van der Waals surface area contributed by atoms with Crippen LogP contribution in [0, 0.1) is 0 Å². The van der Waals surface area contributed by atoms with Gasteiger partial charge in [0.1, 0.15) is 24.6 Å². The van der Waals surface area contributed by atoms with Gasteiger partial charge in [0, 0.05) is 13.7 Å². The highest BCUT2D eigenvalue weighted by atomic mass is 31.2. The molecule has 0 radical (unpaired) electrons. The van der Waals surface area contributed by atoms with Crippen molar-refractivity contribution in [2.45, 2.75) is 50.2 Å². The molecule has 6 N–H and O–H groups in total. The number of hydrogen-bond donors (Lipinski definition) is 4. The number of nitrogens with one attached hydrogen (secondary N) is 1. The molecule has 2 aliphatic rings. The molecule has 0 aromatic carbocycles. The first kappa shape index (κ1) is 22.3. The van der Waals surface area contributed by atoms with E-state index in [4.69, 9.17) is 30.0 Å². The van der Waals surface area contributed by atoms with Crippen LogP contribution in [0.25, 0.3) is 11.2 Å². The second-order valence-electron chi connectivity index (χ2n) is 7.47. The quantitative estimate of drug-likeness (QED) is 0.307.